The fraction of sp³-hybridized carbons (Fsp3) is 0.533. The summed E-state index contributed by atoms with van der Waals surface area (Å²) in [5.41, 5.74) is 4.03. The van der Waals surface area contributed by atoms with Gasteiger partial charge in [-0.25, -0.2) is 5.01 Å². The maximum absolute atomic E-state index is 12.3. The minimum Gasteiger partial charge on any atom is -0.332 e. The number of thioether (sulfide) groups is 1. The summed E-state index contributed by atoms with van der Waals surface area (Å²) < 4.78 is 24.6. The Balaban J connectivity index is 1.88. The number of anilines is 1. The van der Waals surface area contributed by atoms with Crippen molar-refractivity contribution in [1.29, 1.82) is 0 Å². The van der Waals surface area contributed by atoms with Gasteiger partial charge in [0.05, 0.1) is 0 Å². The third kappa shape index (κ3) is 5.07. The van der Waals surface area contributed by atoms with Gasteiger partial charge in [-0.15, -0.1) is 0 Å². The highest BCUT2D eigenvalue weighted by Crippen LogP contribution is 2.26. The molecule has 2 atom stereocenters. The standard InChI is InChI=1S/C15H21F2N3S2/c1-10-4-3-5-11(2)20(10)19-15(21)18-12-6-8-13(9-7-12)22-14(16)17/h6-11,14H,3-5H2,1-2H3,(H2,18,19,21). The van der Waals surface area contributed by atoms with Gasteiger partial charge in [-0.2, -0.15) is 8.78 Å². The molecule has 1 aliphatic rings. The molecule has 1 heterocycles. The molecule has 1 aromatic rings. The van der Waals surface area contributed by atoms with E-state index in [0.29, 0.717) is 33.9 Å². The highest BCUT2D eigenvalue weighted by Gasteiger charge is 2.25. The molecule has 0 radical (unpaired) electrons. The summed E-state index contributed by atoms with van der Waals surface area (Å²) in [5, 5.41) is 5.80. The fourth-order valence-electron chi connectivity index (χ4n) is 2.64. The number of nitrogens with zero attached hydrogens (tertiary/aromatic N) is 1. The van der Waals surface area contributed by atoms with E-state index in [1.165, 1.54) is 6.42 Å². The van der Waals surface area contributed by atoms with Crippen molar-refractivity contribution in [2.24, 2.45) is 0 Å². The van der Waals surface area contributed by atoms with Crippen LogP contribution in [0.3, 0.4) is 0 Å². The van der Waals surface area contributed by atoms with E-state index in [-0.39, 0.29) is 0 Å². The molecule has 0 amide bonds. The smallest absolute Gasteiger partial charge is 0.288 e. The Bertz CT molecular complexity index is 486. The van der Waals surface area contributed by atoms with Gasteiger partial charge in [-0.05, 0) is 63.2 Å². The summed E-state index contributed by atoms with van der Waals surface area (Å²) in [6.07, 6.45) is 3.54. The van der Waals surface area contributed by atoms with Crippen LogP contribution in [0.4, 0.5) is 14.5 Å². The predicted octanol–water partition coefficient (Wildman–Crippen LogP) is 4.47. The van der Waals surface area contributed by atoms with Crippen LogP contribution >= 0.6 is 24.0 Å². The maximum Gasteiger partial charge on any atom is 0.288 e. The maximum atomic E-state index is 12.3. The van der Waals surface area contributed by atoms with E-state index in [4.69, 9.17) is 12.2 Å². The van der Waals surface area contributed by atoms with E-state index in [1.807, 2.05) is 0 Å². The van der Waals surface area contributed by atoms with Crippen molar-refractivity contribution in [3.05, 3.63) is 24.3 Å². The molecule has 2 rings (SSSR count). The van der Waals surface area contributed by atoms with E-state index in [2.05, 4.69) is 29.6 Å². The zero-order valence-corrected chi connectivity index (χ0v) is 14.3. The van der Waals surface area contributed by atoms with Crippen molar-refractivity contribution in [1.82, 2.24) is 10.4 Å². The van der Waals surface area contributed by atoms with E-state index < -0.39 is 5.76 Å². The van der Waals surface area contributed by atoms with Gasteiger partial charge in [0.1, 0.15) is 0 Å². The number of hydrogen-bond acceptors (Lipinski definition) is 3. The molecule has 1 aromatic carbocycles. The lowest BCUT2D eigenvalue weighted by Crippen LogP contribution is -2.55. The first-order valence-corrected chi connectivity index (χ1v) is 8.65. The second-order valence-electron chi connectivity index (χ2n) is 5.51. The van der Waals surface area contributed by atoms with Crippen LogP contribution in [0.15, 0.2) is 29.2 Å². The van der Waals surface area contributed by atoms with Crippen LogP contribution in [0.25, 0.3) is 0 Å². The number of hydrogen-bond donors (Lipinski definition) is 2. The molecule has 22 heavy (non-hydrogen) atoms. The van der Waals surface area contributed by atoms with Crippen molar-refractivity contribution in [3.63, 3.8) is 0 Å². The summed E-state index contributed by atoms with van der Waals surface area (Å²) in [5.74, 6) is -2.40. The Morgan fingerprint density at radius 1 is 1.23 bits per heavy atom. The number of rotatable bonds is 4. The molecule has 7 heteroatoms. The number of hydrazine groups is 1. The topological polar surface area (TPSA) is 27.3 Å². The number of halogens is 2. The monoisotopic (exact) mass is 345 g/mol. The summed E-state index contributed by atoms with van der Waals surface area (Å²) in [7, 11) is 0. The lowest BCUT2D eigenvalue weighted by molar-refractivity contribution is 0.0750. The average molecular weight is 345 g/mol. The molecule has 1 fully saturated rings. The van der Waals surface area contributed by atoms with Crippen molar-refractivity contribution in [2.45, 2.75) is 55.8 Å². The van der Waals surface area contributed by atoms with Crippen LogP contribution in [0, 0.1) is 0 Å². The lowest BCUT2D eigenvalue weighted by Gasteiger charge is -2.39. The normalized spacial score (nSPS) is 22.6. The summed E-state index contributed by atoms with van der Waals surface area (Å²) in [6, 6.07) is 7.70. The van der Waals surface area contributed by atoms with Gasteiger partial charge in [0.15, 0.2) is 5.11 Å². The number of thiocarbonyl (C=S) groups is 1. The van der Waals surface area contributed by atoms with Crippen molar-refractivity contribution in [2.75, 3.05) is 5.32 Å². The third-order valence-corrected chi connectivity index (χ3v) is 4.68. The van der Waals surface area contributed by atoms with E-state index in [9.17, 15) is 8.78 Å². The number of piperidine rings is 1. The lowest BCUT2D eigenvalue weighted by atomic mass is 10.00. The minimum absolute atomic E-state index is 0.438. The van der Waals surface area contributed by atoms with Gasteiger partial charge < -0.3 is 5.32 Å². The van der Waals surface area contributed by atoms with E-state index in [1.54, 1.807) is 24.3 Å². The molecule has 122 valence electrons. The zero-order chi connectivity index (χ0) is 16.1. The summed E-state index contributed by atoms with van der Waals surface area (Å²) in [6.45, 7) is 4.36. The van der Waals surface area contributed by atoms with Gasteiger partial charge in [0, 0.05) is 22.7 Å². The van der Waals surface area contributed by atoms with Crippen LogP contribution in [0.2, 0.25) is 0 Å². The molecular weight excluding hydrogens is 324 g/mol. The van der Waals surface area contributed by atoms with Crippen LogP contribution in [0.5, 0.6) is 0 Å². The largest absolute Gasteiger partial charge is 0.332 e. The van der Waals surface area contributed by atoms with Gasteiger partial charge in [0.2, 0.25) is 0 Å². The molecule has 1 saturated heterocycles. The van der Waals surface area contributed by atoms with Crippen LogP contribution in [-0.2, 0) is 0 Å². The Kier molecular flexibility index (Phi) is 6.40. The Labute approximate surface area is 139 Å². The second-order valence-corrected chi connectivity index (χ2v) is 6.98. The molecule has 1 aliphatic heterocycles. The summed E-state index contributed by atoms with van der Waals surface area (Å²) >= 11 is 5.87. The predicted molar refractivity (Wildman–Crippen MR) is 92.3 cm³/mol. The molecule has 0 aromatic heterocycles. The highest BCUT2D eigenvalue weighted by molar-refractivity contribution is 7.99. The molecule has 3 nitrogen and oxygen atoms in total. The Morgan fingerprint density at radius 3 is 2.36 bits per heavy atom. The fourth-order valence-corrected chi connectivity index (χ4v) is 3.36. The minimum atomic E-state index is -2.40. The quantitative estimate of drug-likeness (QED) is 0.620. The van der Waals surface area contributed by atoms with Gasteiger partial charge in [-0.1, -0.05) is 18.2 Å². The molecular formula is C15H21F2N3S2. The highest BCUT2D eigenvalue weighted by atomic mass is 32.2. The van der Waals surface area contributed by atoms with Crippen LogP contribution in [0.1, 0.15) is 33.1 Å². The van der Waals surface area contributed by atoms with Crippen molar-refractivity contribution >= 4 is 34.8 Å². The number of alkyl halides is 2. The molecule has 2 N–H and O–H groups in total. The van der Waals surface area contributed by atoms with Crippen molar-refractivity contribution < 1.29 is 8.78 Å². The zero-order valence-electron chi connectivity index (χ0n) is 12.7. The van der Waals surface area contributed by atoms with E-state index >= 15 is 0 Å². The first kappa shape index (κ1) is 17.4. The average Bonchev–Trinajstić information content (AvgIpc) is 2.45. The Morgan fingerprint density at radius 2 is 1.82 bits per heavy atom. The Hall–Kier alpha value is -0.920. The molecule has 0 spiro atoms. The number of benzene rings is 1. The van der Waals surface area contributed by atoms with Crippen LogP contribution in [-0.4, -0.2) is 28.0 Å². The van der Waals surface area contributed by atoms with Gasteiger partial charge >= 0.3 is 0 Å². The molecule has 0 bridgehead atoms. The summed E-state index contributed by atoms with van der Waals surface area (Å²) in [4.78, 5) is 0.540. The van der Waals surface area contributed by atoms with Gasteiger partial charge in [0.25, 0.3) is 5.76 Å². The number of nitrogens with one attached hydrogen (secondary N) is 2. The first-order chi connectivity index (χ1) is 10.5. The third-order valence-electron chi connectivity index (χ3n) is 3.76. The van der Waals surface area contributed by atoms with Crippen LogP contribution < -0.4 is 10.7 Å². The molecule has 0 saturated carbocycles. The van der Waals surface area contributed by atoms with Crippen molar-refractivity contribution in [3.8, 4) is 0 Å². The SMILES string of the molecule is CC1CCCC(C)N1NC(=S)Nc1ccc(SC(F)F)cc1. The van der Waals surface area contributed by atoms with E-state index in [0.717, 1.165) is 18.5 Å². The van der Waals surface area contributed by atoms with Gasteiger partial charge in [-0.3, -0.25) is 5.43 Å². The molecule has 2 unspecified atom stereocenters. The molecule has 0 aliphatic carbocycles. The second kappa shape index (κ2) is 8.08. The first-order valence-electron chi connectivity index (χ1n) is 7.36.